The number of benzene rings is 1. The zero-order chi connectivity index (χ0) is 20.8. The number of amides is 1. The van der Waals surface area contributed by atoms with Gasteiger partial charge in [0.2, 0.25) is 0 Å². The molecule has 0 bridgehead atoms. The summed E-state index contributed by atoms with van der Waals surface area (Å²) >= 11 is 0. The van der Waals surface area contributed by atoms with Crippen molar-refractivity contribution in [3.8, 4) is 0 Å². The van der Waals surface area contributed by atoms with Gasteiger partial charge >= 0.3 is 0 Å². The Morgan fingerprint density at radius 1 is 1.19 bits per heavy atom. The number of hydrogen-bond acceptors (Lipinski definition) is 5. The van der Waals surface area contributed by atoms with Gasteiger partial charge in [-0.2, -0.15) is 5.10 Å². The van der Waals surface area contributed by atoms with Crippen molar-refractivity contribution in [2.75, 3.05) is 33.3 Å². The Hall–Kier alpha value is -2.48. The Balaban J connectivity index is 0.00000231. The summed E-state index contributed by atoms with van der Waals surface area (Å²) in [6.45, 7) is 4.77. The van der Waals surface area contributed by atoms with Crippen LogP contribution in [0.3, 0.4) is 0 Å². The minimum absolute atomic E-state index is 0. The first-order valence-electron chi connectivity index (χ1n) is 10.5. The average molecular weight is 442 g/mol. The molecule has 0 spiro atoms. The summed E-state index contributed by atoms with van der Waals surface area (Å²) in [6, 6.07) is 8.93. The van der Waals surface area contributed by atoms with Crippen LogP contribution in [0.5, 0.6) is 0 Å². The summed E-state index contributed by atoms with van der Waals surface area (Å²) in [4.78, 5) is 22.2. The third-order valence-corrected chi connectivity index (χ3v) is 6.73. The highest BCUT2D eigenvalue weighted by Crippen LogP contribution is 2.45. The largest absolute Gasteiger partial charge is 0.396 e. The van der Waals surface area contributed by atoms with Crippen LogP contribution in [-0.2, 0) is 6.42 Å². The first kappa shape index (κ1) is 21.7. The van der Waals surface area contributed by atoms with Gasteiger partial charge in [0.25, 0.3) is 5.91 Å². The fraction of sp³-hybridized carbons (Fsp3) is 0.435. The number of aryl methyl sites for hydroxylation is 1. The maximum atomic E-state index is 13.3. The van der Waals surface area contributed by atoms with E-state index >= 15 is 0 Å². The summed E-state index contributed by atoms with van der Waals surface area (Å²) in [7, 11) is 2.20. The minimum atomic E-state index is 0. The zero-order valence-corrected chi connectivity index (χ0v) is 18.6. The van der Waals surface area contributed by atoms with Crippen LogP contribution in [0.15, 0.2) is 42.9 Å². The molecule has 2 aromatic heterocycles. The standard InChI is InChI=1S/C23H27N5O2.ClH/c1-15-5-3-4-6-18(15)21-20-14-27(13-17(20)12-26(21)2)23(30)19-10-25-28-11-16(7-8-29)9-24-22(19)28;/h3-6,9-11,17,20-21,29H,7-8,12-14H2,1-2H3;1H/t17-,20+,21-;/m0./s1. The van der Waals surface area contributed by atoms with E-state index in [0.29, 0.717) is 35.5 Å². The van der Waals surface area contributed by atoms with Gasteiger partial charge < -0.3 is 10.0 Å². The monoisotopic (exact) mass is 441 g/mol. The molecule has 3 atom stereocenters. The SMILES string of the molecule is Cc1ccccc1[C@H]1[C@@H]2CN(C(=O)c3cnn4cc(CCO)cnc34)C[C@@H]2CN1C.Cl. The molecule has 1 N–H and O–H groups in total. The van der Waals surface area contributed by atoms with Crippen LogP contribution >= 0.6 is 12.4 Å². The van der Waals surface area contributed by atoms with E-state index in [2.05, 4.69) is 53.2 Å². The third-order valence-electron chi connectivity index (χ3n) is 6.73. The van der Waals surface area contributed by atoms with Gasteiger partial charge in [-0.25, -0.2) is 9.50 Å². The highest BCUT2D eigenvalue weighted by atomic mass is 35.5. The molecule has 1 amide bonds. The summed E-state index contributed by atoms with van der Waals surface area (Å²) in [5, 5.41) is 13.5. The van der Waals surface area contributed by atoms with E-state index in [1.54, 1.807) is 16.9 Å². The Bertz CT molecular complexity index is 1100. The second kappa shape index (κ2) is 8.57. The molecule has 5 rings (SSSR count). The zero-order valence-electron chi connectivity index (χ0n) is 17.8. The van der Waals surface area contributed by atoms with Crippen molar-refractivity contribution < 1.29 is 9.90 Å². The van der Waals surface area contributed by atoms with Crippen molar-refractivity contribution in [1.82, 2.24) is 24.4 Å². The molecule has 1 aromatic carbocycles. The van der Waals surface area contributed by atoms with Gasteiger partial charge in [-0.15, -0.1) is 12.4 Å². The second-order valence-corrected chi connectivity index (χ2v) is 8.64. The smallest absolute Gasteiger partial charge is 0.259 e. The van der Waals surface area contributed by atoms with E-state index in [1.807, 2.05) is 11.1 Å². The fourth-order valence-corrected chi connectivity index (χ4v) is 5.30. The van der Waals surface area contributed by atoms with Gasteiger partial charge in [-0.3, -0.25) is 9.69 Å². The Morgan fingerprint density at radius 3 is 2.77 bits per heavy atom. The predicted molar refractivity (Wildman–Crippen MR) is 120 cm³/mol. The summed E-state index contributed by atoms with van der Waals surface area (Å²) in [5.41, 5.74) is 4.70. The molecule has 0 saturated carbocycles. The number of aliphatic hydroxyl groups excluding tert-OH is 1. The van der Waals surface area contributed by atoms with Crippen molar-refractivity contribution >= 4 is 24.0 Å². The molecule has 2 aliphatic heterocycles. The molecule has 0 radical (unpaired) electrons. The van der Waals surface area contributed by atoms with Gasteiger partial charge in [0.1, 0.15) is 5.56 Å². The number of aliphatic hydroxyl groups is 1. The van der Waals surface area contributed by atoms with Crippen molar-refractivity contribution in [2.24, 2.45) is 11.8 Å². The lowest BCUT2D eigenvalue weighted by atomic mass is 9.88. The third kappa shape index (κ3) is 3.71. The molecule has 8 heteroatoms. The topological polar surface area (TPSA) is 74.0 Å². The van der Waals surface area contributed by atoms with Gasteiger partial charge in [-0.1, -0.05) is 24.3 Å². The number of nitrogens with zero attached hydrogens (tertiary/aromatic N) is 5. The Labute approximate surface area is 188 Å². The lowest BCUT2D eigenvalue weighted by Crippen LogP contribution is -2.33. The number of halogens is 1. The molecule has 164 valence electrons. The van der Waals surface area contributed by atoms with E-state index in [-0.39, 0.29) is 24.9 Å². The van der Waals surface area contributed by atoms with Crippen LogP contribution in [-0.4, -0.2) is 68.7 Å². The number of fused-ring (bicyclic) bond motifs is 2. The van der Waals surface area contributed by atoms with Crippen molar-refractivity contribution in [2.45, 2.75) is 19.4 Å². The molecule has 0 unspecified atom stereocenters. The van der Waals surface area contributed by atoms with Crippen molar-refractivity contribution in [3.63, 3.8) is 0 Å². The summed E-state index contributed by atoms with van der Waals surface area (Å²) in [5.74, 6) is 0.925. The maximum absolute atomic E-state index is 13.3. The molecule has 31 heavy (non-hydrogen) atoms. The molecule has 2 fully saturated rings. The molecule has 3 aromatic rings. The van der Waals surface area contributed by atoms with Gasteiger partial charge in [0, 0.05) is 50.6 Å². The first-order chi connectivity index (χ1) is 14.6. The molecular weight excluding hydrogens is 414 g/mol. The molecule has 2 aliphatic rings. The van der Waals surface area contributed by atoms with Crippen LogP contribution in [0.1, 0.15) is 33.1 Å². The highest BCUT2D eigenvalue weighted by Gasteiger charge is 2.47. The van der Waals surface area contributed by atoms with Crippen LogP contribution in [0, 0.1) is 18.8 Å². The average Bonchev–Trinajstić information content (AvgIpc) is 3.40. The number of hydrogen-bond donors (Lipinski definition) is 1. The van der Waals surface area contributed by atoms with Crippen LogP contribution in [0.4, 0.5) is 0 Å². The molecule has 2 saturated heterocycles. The quantitative estimate of drug-likeness (QED) is 0.672. The summed E-state index contributed by atoms with van der Waals surface area (Å²) < 4.78 is 1.64. The van der Waals surface area contributed by atoms with E-state index in [9.17, 15) is 4.79 Å². The maximum Gasteiger partial charge on any atom is 0.259 e. The fourth-order valence-electron chi connectivity index (χ4n) is 5.30. The van der Waals surface area contributed by atoms with Crippen molar-refractivity contribution in [3.05, 3.63) is 65.1 Å². The van der Waals surface area contributed by atoms with Gasteiger partial charge in [-0.05, 0) is 43.0 Å². The molecule has 0 aliphatic carbocycles. The normalized spacial score (nSPS) is 23.2. The van der Waals surface area contributed by atoms with E-state index in [4.69, 9.17) is 5.11 Å². The number of aromatic nitrogens is 3. The van der Waals surface area contributed by atoms with Gasteiger partial charge in [0.15, 0.2) is 5.65 Å². The van der Waals surface area contributed by atoms with Gasteiger partial charge in [0.05, 0.1) is 6.20 Å². The lowest BCUT2D eigenvalue weighted by molar-refractivity contribution is 0.0769. The predicted octanol–water partition coefficient (Wildman–Crippen LogP) is 2.37. The molecule has 7 nitrogen and oxygen atoms in total. The van der Waals surface area contributed by atoms with E-state index in [0.717, 1.165) is 25.2 Å². The lowest BCUT2D eigenvalue weighted by Gasteiger charge is -2.28. The van der Waals surface area contributed by atoms with E-state index in [1.165, 1.54) is 11.1 Å². The summed E-state index contributed by atoms with van der Waals surface area (Å²) in [6.07, 6.45) is 5.69. The number of carbonyl (C=O) groups is 1. The van der Waals surface area contributed by atoms with Crippen LogP contribution in [0.25, 0.3) is 5.65 Å². The minimum Gasteiger partial charge on any atom is -0.396 e. The Morgan fingerprint density at radius 2 is 2.00 bits per heavy atom. The van der Waals surface area contributed by atoms with Crippen LogP contribution < -0.4 is 0 Å². The molecule has 4 heterocycles. The molecular formula is C23H28ClN5O2. The Kier molecular flexibility index (Phi) is 6.01. The van der Waals surface area contributed by atoms with Crippen molar-refractivity contribution in [1.29, 1.82) is 0 Å². The number of carbonyl (C=O) groups excluding carboxylic acids is 1. The van der Waals surface area contributed by atoms with E-state index < -0.39 is 0 Å². The first-order valence-corrected chi connectivity index (χ1v) is 10.5. The second-order valence-electron chi connectivity index (χ2n) is 8.64. The number of likely N-dealkylation sites (tertiary alicyclic amines) is 2. The highest BCUT2D eigenvalue weighted by molar-refractivity contribution is 5.99. The number of rotatable bonds is 4. The van der Waals surface area contributed by atoms with Crippen LogP contribution in [0.2, 0.25) is 0 Å².